The number of fused-ring (bicyclic) bond motifs is 1. The molecule has 0 radical (unpaired) electrons. The van der Waals surface area contributed by atoms with Crippen molar-refractivity contribution in [1.29, 1.82) is 0 Å². The fourth-order valence-electron chi connectivity index (χ4n) is 2.86. The number of ether oxygens (including phenoxy) is 3. The lowest BCUT2D eigenvalue weighted by molar-refractivity contribution is -0.127. The van der Waals surface area contributed by atoms with E-state index in [0.717, 1.165) is 0 Å². The molecule has 8 nitrogen and oxygen atoms in total. The molecule has 0 spiro atoms. The molecule has 0 aliphatic carbocycles. The Morgan fingerprint density at radius 1 is 1.27 bits per heavy atom. The Morgan fingerprint density at radius 2 is 2.12 bits per heavy atom. The second-order valence-electron chi connectivity index (χ2n) is 6.17. The Labute approximate surface area is 149 Å². The quantitative estimate of drug-likeness (QED) is 0.902. The minimum atomic E-state index is -0.336. The topological polar surface area (TPSA) is 90.0 Å². The van der Waals surface area contributed by atoms with Crippen molar-refractivity contribution in [2.75, 3.05) is 25.7 Å². The van der Waals surface area contributed by atoms with E-state index in [1.54, 1.807) is 42.3 Å². The van der Waals surface area contributed by atoms with Crippen LogP contribution >= 0.6 is 0 Å². The van der Waals surface area contributed by atoms with Crippen molar-refractivity contribution in [3.63, 3.8) is 0 Å². The molecule has 0 saturated carbocycles. The number of rotatable bonds is 4. The average Bonchev–Trinajstić information content (AvgIpc) is 3.23. The zero-order chi connectivity index (χ0) is 18.1. The molecular formula is C18H17N3O5. The Morgan fingerprint density at radius 3 is 2.85 bits per heavy atom. The average molecular weight is 355 g/mol. The van der Waals surface area contributed by atoms with Crippen LogP contribution in [0.5, 0.6) is 23.1 Å². The van der Waals surface area contributed by atoms with Crippen molar-refractivity contribution < 1.29 is 23.8 Å². The van der Waals surface area contributed by atoms with Gasteiger partial charge in [-0.25, -0.2) is 4.98 Å². The summed E-state index contributed by atoms with van der Waals surface area (Å²) in [4.78, 5) is 29.5. The second kappa shape index (κ2) is 6.55. The maximum atomic E-state index is 12.2. The molecule has 1 aromatic carbocycles. The molecule has 1 saturated heterocycles. The van der Waals surface area contributed by atoms with E-state index in [-0.39, 0.29) is 30.9 Å². The van der Waals surface area contributed by atoms with Gasteiger partial charge < -0.3 is 24.4 Å². The minimum Gasteiger partial charge on any atom is -0.454 e. The molecule has 1 aromatic heterocycles. The third-order valence-corrected chi connectivity index (χ3v) is 4.28. The van der Waals surface area contributed by atoms with E-state index >= 15 is 0 Å². The monoisotopic (exact) mass is 355 g/mol. The van der Waals surface area contributed by atoms with Gasteiger partial charge in [0, 0.05) is 32.1 Å². The lowest BCUT2D eigenvalue weighted by Gasteiger charge is -2.11. The summed E-state index contributed by atoms with van der Waals surface area (Å²) in [6, 6.07) is 8.62. The minimum absolute atomic E-state index is 0.0178. The number of hydrogen-bond donors (Lipinski definition) is 1. The van der Waals surface area contributed by atoms with Gasteiger partial charge in [0.25, 0.3) is 0 Å². The van der Waals surface area contributed by atoms with Crippen LogP contribution in [0.25, 0.3) is 0 Å². The van der Waals surface area contributed by atoms with Gasteiger partial charge in [-0.1, -0.05) is 0 Å². The van der Waals surface area contributed by atoms with Gasteiger partial charge in [0.05, 0.1) is 17.8 Å². The molecule has 2 aliphatic rings. The molecule has 0 bridgehead atoms. The first-order valence-electron chi connectivity index (χ1n) is 8.17. The summed E-state index contributed by atoms with van der Waals surface area (Å²) in [5.74, 6) is 1.73. The SMILES string of the molecule is CN1C[C@@H](C(=O)Nc2ccc(Oc3ccc4c(c3)OCO4)nc2)CC1=O. The summed E-state index contributed by atoms with van der Waals surface area (Å²) < 4.78 is 16.2. The lowest BCUT2D eigenvalue weighted by Crippen LogP contribution is -2.25. The van der Waals surface area contributed by atoms with E-state index in [0.29, 0.717) is 35.4 Å². The predicted molar refractivity (Wildman–Crippen MR) is 91.2 cm³/mol. The van der Waals surface area contributed by atoms with E-state index in [2.05, 4.69) is 10.3 Å². The third kappa shape index (κ3) is 3.26. The number of hydrogen-bond acceptors (Lipinski definition) is 6. The van der Waals surface area contributed by atoms with Crippen molar-refractivity contribution in [2.45, 2.75) is 6.42 Å². The molecule has 1 N–H and O–H groups in total. The second-order valence-corrected chi connectivity index (χ2v) is 6.17. The molecule has 26 heavy (non-hydrogen) atoms. The predicted octanol–water partition coefficient (Wildman–Crippen LogP) is 2.02. The van der Waals surface area contributed by atoms with Crippen LogP contribution in [-0.4, -0.2) is 42.1 Å². The van der Waals surface area contributed by atoms with Gasteiger partial charge in [-0.05, 0) is 18.2 Å². The number of carbonyl (C=O) groups excluding carboxylic acids is 2. The van der Waals surface area contributed by atoms with Crippen molar-refractivity contribution in [1.82, 2.24) is 9.88 Å². The molecule has 1 fully saturated rings. The number of pyridine rings is 1. The highest BCUT2D eigenvalue weighted by Crippen LogP contribution is 2.36. The molecular weight excluding hydrogens is 338 g/mol. The van der Waals surface area contributed by atoms with Crippen LogP contribution in [0.4, 0.5) is 5.69 Å². The van der Waals surface area contributed by atoms with Crippen molar-refractivity contribution in [3.8, 4) is 23.1 Å². The molecule has 2 aliphatic heterocycles. The zero-order valence-corrected chi connectivity index (χ0v) is 14.1. The van der Waals surface area contributed by atoms with Gasteiger partial charge in [-0.15, -0.1) is 0 Å². The van der Waals surface area contributed by atoms with Crippen LogP contribution in [-0.2, 0) is 9.59 Å². The molecule has 3 heterocycles. The molecule has 2 amide bonds. The highest BCUT2D eigenvalue weighted by atomic mass is 16.7. The van der Waals surface area contributed by atoms with Crippen molar-refractivity contribution >= 4 is 17.5 Å². The smallest absolute Gasteiger partial charge is 0.231 e. The van der Waals surface area contributed by atoms with Gasteiger partial charge in [0.1, 0.15) is 5.75 Å². The lowest BCUT2D eigenvalue weighted by atomic mass is 10.1. The van der Waals surface area contributed by atoms with Crippen molar-refractivity contribution in [2.24, 2.45) is 5.92 Å². The Bertz CT molecular complexity index is 852. The maximum absolute atomic E-state index is 12.2. The van der Waals surface area contributed by atoms with Gasteiger partial charge in [-0.3, -0.25) is 9.59 Å². The number of likely N-dealkylation sites (tertiary alicyclic amines) is 1. The fourth-order valence-corrected chi connectivity index (χ4v) is 2.86. The van der Waals surface area contributed by atoms with E-state index in [9.17, 15) is 9.59 Å². The summed E-state index contributed by atoms with van der Waals surface area (Å²) >= 11 is 0. The Kier molecular flexibility index (Phi) is 4.08. The fraction of sp³-hybridized carbons (Fsp3) is 0.278. The van der Waals surface area contributed by atoms with Crippen LogP contribution in [0.15, 0.2) is 36.5 Å². The summed E-state index contributed by atoms with van der Waals surface area (Å²) in [7, 11) is 1.69. The van der Waals surface area contributed by atoms with E-state index < -0.39 is 0 Å². The Hall–Kier alpha value is -3.29. The first kappa shape index (κ1) is 16.2. The van der Waals surface area contributed by atoms with Crippen LogP contribution in [0, 0.1) is 5.92 Å². The molecule has 1 atom stereocenters. The summed E-state index contributed by atoms with van der Waals surface area (Å²) in [5.41, 5.74) is 0.551. The third-order valence-electron chi connectivity index (χ3n) is 4.28. The first-order valence-corrected chi connectivity index (χ1v) is 8.17. The summed E-state index contributed by atoms with van der Waals surface area (Å²) in [5, 5.41) is 2.78. The van der Waals surface area contributed by atoms with E-state index in [1.807, 2.05) is 0 Å². The van der Waals surface area contributed by atoms with Crippen LogP contribution < -0.4 is 19.5 Å². The van der Waals surface area contributed by atoms with Crippen molar-refractivity contribution in [3.05, 3.63) is 36.5 Å². The number of aromatic nitrogens is 1. The van der Waals surface area contributed by atoms with Gasteiger partial charge >= 0.3 is 0 Å². The molecule has 2 aromatic rings. The summed E-state index contributed by atoms with van der Waals surface area (Å²) in [6.07, 6.45) is 1.75. The number of nitrogens with one attached hydrogen (secondary N) is 1. The highest BCUT2D eigenvalue weighted by molar-refractivity contribution is 5.97. The molecule has 8 heteroatoms. The van der Waals surface area contributed by atoms with Crippen LogP contribution in [0.3, 0.4) is 0 Å². The highest BCUT2D eigenvalue weighted by Gasteiger charge is 2.32. The molecule has 0 unspecified atom stereocenters. The number of anilines is 1. The largest absolute Gasteiger partial charge is 0.454 e. The van der Waals surface area contributed by atoms with Gasteiger partial charge in [0.2, 0.25) is 24.5 Å². The Balaban J connectivity index is 1.38. The number of carbonyl (C=O) groups is 2. The molecule has 4 rings (SSSR count). The molecule has 134 valence electrons. The number of amides is 2. The zero-order valence-electron chi connectivity index (χ0n) is 14.1. The number of benzene rings is 1. The van der Waals surface area contributed by atoms with Crippen LogP contribution in [0.2, 0.25) is 0 Å². The van der Waals surface area contributed by atoms with Gasteiger partial charge in [-0.2, -0.15) is 0 Å². The number of nitrogens with zero attached hydrogens (tertiary/aromatic N) is 2. The van der Waals surface area contributed by atoms with E-state index in [1.165, 1.54) is 6.20 Å². The maximum Gasteiger partial charge on any atom is 0.231 e. The normalized spacial score (nSPS) is 18.1. The summed E-state index contributed by atoms with van der Waals surface area (Å²) in [6.45, 7) is 0.636. The standard InChI is InChI=1S/C18H17N3O5/c1-21-9-11(6-17(21)22)18(23)20-12-2-5-16(19-8-12)26-13-3-4-14-15(7-13)25-10-24-14/h2-5,7-8,11H,6,9-10H2,1H3,(H,20,23)/t11-/m0/s1. The van der Waals surface area contributed by atoms with Crippen LogP contribution in [0.1, 0.15) is 6.42 Å². The van der Waals surface area contributed by atoms with Gasteiger partial charge in [0.15, 0.2) is 11.5 Å². The first-order chi connectivity index (χ1) is 12.6. The van der Waals surface area contributed by atoms with E-state index in [4.69, 9.17) is 14.2 Å².